The summed E-state index contributed by atoms with van der Waals surface area (Å²) in [5.74, 6) is -0.138. The minimum absolute atomic E-state index is 0. The van der Waals surface area contributed by atoms with Crippen LogP contribution < -0.4 is 103 Å². The van der Waals surface area contributed by atoms with E-state index in [1.165, 1.54) is 36.4 Å². The maximum Gasteiger partial charge on any atom is 1.00 e. The summed E-state index contributed by atoms with van der Waals surface area (Å²) in [4.78, 5) is 46.7. The van der Waals surface area contributed by atoms with Gasteiger partial charge in [-0.1, -0.05) is 180 Å². The maximum atomic E-state index is 13.8. The van der Waals surface area contributed by atoms with Crippen LogP contribution in [-0.2, 0) is 41.9 Å². The van der Waals surface area contributed by atoms with Crippen LogP contribution in [0.1, 0.15) is 116 Å². The summed E-state index contributed by atoms with van der Waals surface area (Å²) >= 11 is 0. The number of rotatable bonds is 10. The largest absolute Gasteiger partial charge is 1.00 e. The van der Waals surface area contributed by atoms with Gasteiger partial charge in [0.05, 0.1) is 34.1 Å². The van der Waals surface area contributed by atoms with E-state index < -0.39 is 51.7 Å². The first-order valence-electron chi connectivity index (χ1n) is 28.9. The normalized spacial score (nSPS) is 14.0. The Morgan fingerprint density at radius 1 is 0.359 bits per heavy atom. The summed E-state index contributed by atoms with van der Waals surface area (Å²) in [5.41, 5.74) is 3.20. The number of aromatic nitrogens is 6. The van der Waals surface area contributed by atoms with E-state index >= 15 is 0 Å². The Bertz CT molecular complexity index is 4840. The molecule has 0 unspecified atom stereocenters. The van der Waals surface area contributed by atoms with Gasteiger partial charge in [0.1, 0.15) is 9.79 Å². The number of hydrogen-bond donors (Lipinski definition) is 8. The number of fused-ring (bicyclic) bond motifs is 2. The van der Waals surface area contributed by atoms with Gasteiger partial charge in [-0.05, 0) is 126 Å². The summed E-state index contributed by atoms with van der Waals surface area (Å²) in [6.45, 7) is 23.5. The first kappa shape index (κ1) is 70.1. The zero-order valence-corrected chi connectivity index (χ0v) is 59.5. The smallest absolute Gasteiger partial charge is 0.872 e. The van der Waals surface area contributed by atoms with Crippen molar-refractivity contribution in [3.05, 3.63) is 213 Å². The molecule has 0 saturated carbocycles. The van der Waals surface area contributed by atoms with E-state index in [2.05, 4.69) is 29.9 Å². The zero-order chi connectivity index (χ0) is 64.9. The number of H-pyrrole nitrogens is 6. The second-order valence-corrected chi connectivity index (χ2v) is 28.8. The zero-order valence-electron chi connectivity index (χ0n) is 53.9. The molecule has 0 amide bonds. The third-order valence-electron chi connectivity index (χ3n) is 14.8. The summed E-state index contributed by atoms with van der Waals surface area (Å²) in [7, 11) is -9.97. The fourth-order valence-electron chi connectivity index (χ4n) is 10.2. The van der Waals surface area contributed by atoms with Crippen molar-refractivity contribution >= 4 is 88.1 Å². The quantitative estimate of drug-likeness (QED) is 0.0499. The Morgan fingerprint density at radius 2 is 0.630 bits per heavy atom. The van der Waals surface area contributed by atoms with Crippen LogP contribution in [0.5, 0.6) is 11.5 Å². The Labute approximate surface area is 576 Å². The molecule has 0 radical (unpaired) electrons. The van der Waals surface area contributed by atoms with Crippen molar-refractivity contribution in [1.29, 1.82) is 0 Å². The van der Waals surface area contributed by atoms with E-state index in [4.69, 9.17) is 30.0 Å². The van der Waals surface area contributed by atoms with Crippen molar-refractivity contribution in [3.63, 3.8) is 0 Å². The fourth-order valence-corrected chi connectivity index (χ4v) is 11.6. The van der Waals surface area contributed by atoms with Gasteiger partial charge in [-0.15, -0.1) is 11.5 Å². The molecule has 0 aliphatic carbocycles. The van der Waals surface area contributed by atoms with Crippen molar-refractivity contribution in [3.8, 4) is 11.5 Å². The van der Waals surface area contributed by atoms with Gasteiger partial charge >= 0.3 is 59.1 Å². The van der Waals surface area contributed by atoms with Gasteiger partial charge in [-0.2, -0.15) is 16.8 Å². The molecule has 0 bridgehead atoms. The van der Waals surface area contributed by atoms with E-state index in [9.17, 15) is 36.2 Å². The topological polar surface area (TPSA) is 324 Å². The monoisotopic (exact) mass is 1290 g/mol. The number of nitrogens with zero attached hydrogens (tertiary/aromatic N) is 6. The maximum absolute atomic E-state index is 13.8. The fraction of sp³-hybridized carbons (Fsp3) is 0.235. The van der Waals surface area contributed by atoms with Crippen LogP contribution in [0, 0.1) is 0 Å². The van der Waals surface area contributed by atoms with Crippen molar-refractivity contribution < 1.29 is 95.3 Å². The molecule has 8 N–H and O–H groups in total. The molecule has 2 heterocycles. The van der Waals surface area contributed by atoms with Gasteiger partial charge in [-0.25, -0.2) is 30.0 Å². The van der Waals surface area contributed by atoms with Gasteiger partial charge < -0.3 is 10.2 Å². The first-order valence-corrected chi connectivity index (χ1v) is 31.8. The van der Waals surface area contributed by atoms with E-state index in [-0.39, 0.29) is 127 Å². The Kier molecular flexibility index (Phi) is 20.6. The molecule has 0 spiro atoms. The number of hydrogen-bond acceptors (Lipinski definition) is 12. The van der Waals surface area contributed by atoms with Gasteiger partial charge in [-0.3, -0.25) is 39.0 Å². The minimum Gasteiger partial charge on any atom is -0.872 e. The van der Waals surface area contributed by atoms with Gasteiger partial charge in [0.2, 0.25) is 33.7 Å². The average Bonchev–Trinajstić information content (AvgIpc) is 0.798. The third kappa shape index (κ3) is 16.5. The molecular weight excluding hydrogens is 1220 g/mol. The summed E-state index contributed by atoms with van der Waals surface area (Å²) < 4.78 is 74.2. The Balaban J connectivity index is 0.00000544. The minimum atomic E-state index is -4.99. The predicted molar refractivity (Wildman–Crippen MR) is 346 cm³/mol. The van der Waals surface area contributed by atoms with Crippen LogP contribution in [0.15, 0.2) is 185 Å². The molecule has 92 heavy (non-hydrogen) atoms. The van der Waals surface area contributed by atoms with Crippen LogP contribution in [0.4, 0.5) is 34.1 Å². The second-order valence-electron chi connectivity index (χ2n) is 26.0. The molecular formula is C68H70N12Na2O8S2. The van der Waals surface area contributed by atoms with Gasteiger partial charge in [0.15, 0.2) is 0 Å². The molecule has 0 aliphatic rings. The number of aromatic amines is 6. The second kappa shape index (κ2) is 27.1. The van der Waals surface area contributed by atoms with Crippen molar-refractivity contribution in [2.24, 2.45) is 30.0 Å². The standard InChI is InChI=1S/C68H72N12O8S2.2Na/c1-65(2,3)49-33-45(34-50(57(49)81)66(4,5)6)71-61-75-59(77-63(79-61)73-53-25-17-21-39-19-13-15-23-47(39)53)69-43-31-29-41(55(37-43)89(83,84)85)27-28-42-30-32-44(38-56(42)90(86,87)88)70-60-76-62(72-46-35-51(67(7,8)9)58(82)52(36-46)68(10,11)12)80-64(78-60)74-54-26-18-22-40-20-14-16-24-48(40)54;;/h13-38,81-82H,1-12H3,(H,83,84,85)(H,86,87,88)(H3,69,71,73,75,77,79)(H3,70,72,74,76,78,80);;/q;2*+1/p-2/b28-27+;;. The molecule has 0 aliphatic heterocycles. The molecule has 0 atom stereocenters. The molecule has 24 heteroatoms. The molecule has 0 fully saturated rings. The Hall–Kier alpha value is -7.74. The van der Waals surface area contributed by atoms with Crippen LogP contribution in [0.25, 0.3) is 33.7 Å². The van der Waals surface area contributed by atoms with Crippen LogP contribution >= 0.6 is 0 Å². The molecule has 8 aromatic carbocycles. The molecule has 2 aromatic heterocycles. The van der Waals surface area contributed by atoms with Crippen molar-refractivity contribution in [2.45, 2.75) is 115 Å². The summed E-state index contributed by atoms with van der Waals surface area (Å²) in [6.07, 6.45) is 2.54. The number of benzene rings is 8. The molecule has 0 saturated heterocycles. The van der Waals surface area contributed by atoms with Crippen LogP contribution in [0.2, 0.25) is 0 Å². The van der Waals surface area contributed by atoms with E-state index in [0.29, 0.717) is 45.0 Å². The summed E-state index contributed by atoms with van der Waals surface area (Å²) in [5, 5.41) is 31.2. The van der Waals surface area contributed by atoms with E-state index in [0.717, 1.165) is 33.7 Å². The van der Waals surface area contributed by atoms with Crippen molar-refractivity contribution in [2.75, 3.05) is 0 Å². The predicted octanol–water partition coefficient (Wildman–Crippen LogP) is 5.37. The van der Waals surface area contributed by atoms with Gasteiger partial charge in [0, 0.05) is 10.8 Å². The molecule has 10 aromatic rings. The molecule has 10 rings (SSSR count). The average molecular weight is 1290 g/mol. The first-order chi connectivity index (χ1) is 42.1. The van der Waals surface area contributed by atoms with Crippen LogP contribution in [0.3, 0.4) is 0 Å². The van der Waals surface area contributed by atoms with Crippen molar-refractivity contribution in [1.82, 2.24) is 29.9 Å². The van der Waals surface area contributed by atoms with Crippen LogP contribution in [-0.4, -0.2) is 55.8 Å². The Morgan fingerprint density at radius 3 is 0.924 bits per heavy atom. The SMILES string of the molecule is CC(C)(C)c1cc(N=c2[nH]c(=Nc3ccc(/C=C/c4ccc(N=c5[nH]c(=Nc6cc(C(C)(C)C)c([O-])c(C(C)(C)C)c6)[nH]c(=Nc6cccc7ccccc67)[nH]5)cc4S(=O)(=O)O)c(S(=O)(=O)O)c3)[nH]c(=Nc3cccc4ccccc34)[nH]2)cc(C(C)(C)C)c1[O-].[Na+].[Na+]. The number of nitrogens with one attached hydrogen (secondary N) is 6. The summed E-state index contributed by atoms with van der Waals surface area (Å²) in [6, 6.07) is 41.8. The third-order valence-corrected chi connectivity index (χ3v) is 16.6. The van der Waals surface area contributed by atoms with Gasteiger partial charge in [0.25, 0.3) is 20.2 Å². The van der Waals surface area contributed by atoms with E-state index in [1.807, 2.05) is 168 Å². The van der Waals surface area contributed by atoms with E-state index in [1.54, 1.807) is 24.3 Å². The molecule has 20 nitrogen and oxygen atoms in total. The molecule has 464 valence electrons.